The fourth-order valence-electron chi connectivity index (χ4n) is 1.41. The summed E-state index contributed by atoms with van der Waals surface area (Å²) in [7, 11) is 0. The van der Waals surface area contributed by atoms with Gasteiger partial charge in [0.1, 0.15) is 23.5 Å². The van der Waals surface area contributed by atoms with Crippen LogP contribution in [0.4, 0.5) is 4.39 Å². The van der Waals surface area contributed by atoms with Crippen molar-refractivity contribution >= 4 is 6.08 Å². The summed E-state index contributed by atoms with van der Waals surface area (Å²) in [5.41, 5.74) is 1.25. The van der Waals surface area contributed by atoms with Crippen molar-refractivity contribution in [2.24, 2.45) is 0 Å². The van der Waals surface area contributed by atoms with Gasteiger partial charge in [-0.15, -0.1) is 0 Å². The lowest BCUT2D eigenvalue weighted by molar-refractivity contribution is 0.121. The van der Waals surface area contributed by atoms with Crippen LogP contribution in [-0.4, -0.2) is 6.61 Å². The number of ether oxygens (including phenoxy) is 1. The second kappa shape index (κ2) is 7.21. The second-order valence-corrected chi connectivity index (χ2v) is 3.68. The summed E-state index contributed by atoms with van der Waals surface area (Å²) in [6.45, 7) is 2.83. The normalized spacial score (nSPS) is 9.33. The first kappa shape index (κ1) is 13.9. The zero-order valence-corrected chi connectivity index (χ0v) is 10.1. The van der Waals surface area contributed by atoms with Crippen molar-refractivity contribution in [1.82, 2.24) is 0 Å². The Morgan fingerprint density at radius 3 is 2.72 bits per heavy atom. The molecule has 0 bridgehead atoms. The van der Waals surface area contributed by atoms with Gasteiger partial charge < -0.3 is 4.74 Å². The molecule has 0 N–H and O–H groups in total. The fraction of sp³-hybridized carbons (Fsp3) is 0.286. The maximum atomic E-state index is 13.2. The summed E-state index contributed by atoms with van der Waals surface area (Å²) in [6, 6.07) is 7.73. The first-order valence-electron chi connectivity index (χ1n) is 5.59. The van der Waals surface area contributed by atoms with Gasteiger partial charge in [0.15, 0.2) is 0 Å². The van der Waals surface area contributed by atoms with Crippen LogP contribution < -0.4 is 0 Å². The predicted octanol–water partition coefficient (Wildman–Crippen LogP) is 3.18. The summed E-state index contributed by atoms with van der Waals surface area (Å²) < 4.78 is 18.5. The lowest BCUT2D eigenvalue weighted by Crippen LogP contribution is -1.97. The monoisotopic (exact) mass is 244 g/mol. The van der Waals surface area contributed by atoms with E-state index in [0.29, 0.717) is 17.7 Å². The van der Waals surface area contributed by atoms with E-state index >= 15 is 0 Å². The summed E-state index contributed by atoms with van der Waals surface area (Å²) in [5.74, 6) is -0.363. The summed E-state index contributed by atoms with van der Waals surface area (Å²) in [4.78, 5) is 0. The van der Waals surface area contributed by atoms with Gasteiger partial charge in [-0.25, -0.2) is 4.39 Å². The molecule has 0 heterocycles. The van der Waals surface area contributed by atoms with Crippen LogP contribution in [0.1, 0.15) is 24.5 Å². The molecule has 1 aromatic carbocycles. The molecule has 1 aromatic rings. The number of nitriles is 2. The molecule has 0 aliphatic heterocycles. The zero-order valence-electron chi connectivity index (χ0n) is 10.1. The van der Waals surface area contributed by atoms with Crippen molar-refractivity contribution in [2.75, 3.05) is 6.61 Å². The van der Waals surface area contributed by atoms with E-state index in [1.807, 2.05) is 6.92 Å². The van der Waals surface area contributed by atoms with Crippen LogP contribution in [0.15, 0.2) is 23.8 Å². The van der Waals surface area contributed by atoms with Crippen LogP contribution >= 0.6 is 0 Å². The fourth-order valence-corrected chi connectivity index (χ4v) is 1.41. The smallest absolute Gasteiger partial charge is 0.130 e. The minimum atomic E-state index is -0.363. The Morgan fingerprint density at radius 1 is 1.39 bits per heavy atom. The van der Waals surface area contributed by atoms with E-state index < -0.39 is 0 Å². The number of nitrogens with zero attached hydrogens (tertiary/aromatic N) is 2. The third-order valence-electron chi connectivity index (χ3n) is 2.25. The highest BCUT2D eigenvalue weighted by atomic mass is 19.1. The molecule has 3 nitrogen and oxygen atoms in total. The number of allylic oxidation sites excluding steroid dienone is 1. The minimum Gasteiger partial charge on any atom is -0.377 e. The third-order valence-corrected chi connectivity index (χ3v) is 2.25. The van der Waals surface area contributed by atoms with Crippen LogP contribution in [-0.2, 0) is 11.3 Å². The van der Waals surface area contributed by atoms with E-state index in [1.165, 1.54) is 24.3 Å². The number of hydrogen-bond acceptors (Lipinski definition) is 3. The molecule has 4 heteroatoms. The lowest BCUT2D eigenvalue weighted by atomic mass is 10.1. The van der Waals surface area contributed by atoms with Gasteiger partial charge in [0, 0.05) is 6.61 Å². The van der Waals surface area contributed by atoms with Gasteiger partial charge >= 0.3 is 0 Å². The van der Waals surface area contributed by atoms with Crippen LogP contribution in [0.2, 0.25) is 0 Å². The number of rotatable bonds is 5. The van der Waals surface area contributed by atoms with Gasteiger partial charge in [-0.3, -0.25) is 0 Å². The second-order valence-electron chi connectivity index (χ2n) is 3.68. The molecule has 0 aliphatic rings. The molecule has 0 amide bonds. The number of hydrogen-bond donors (Lipinski definition) is 0. The van der Waals surface area contributed by atoms with Gasteiger partial charge in [0.2, 0.25) is 0 Å². The Kier molecular flexibility index (Phi) is 5.57. The van der Waals surface area contributed by atoms with Crippen molar-refractivity contribution in [3.63, 3.8) is 0 Å². The van der Waals surface area contributed by atoms with Crippen molar-refractivity contribution in [3.05, 3.63) is 40.7 Å². The molecule has 0 atom stereocenters. The Hall–Kier alpha value is -2.17. The van der Waals surface area contributed by atoms with Crippen LogP contribution in [0.3, 0.4) is 0 Å². The van der Waals surface area contributed by atoms with Gasteiger partial charge in [-0.05, 0) is 35.8 Å². The molecule has 0 aromatic heterocycles. The molecular formula is C14H13FN2O. The number of halogens is 1. The maximum Gasteiger partial charge on any atom is 0.130 e. The Balaban J connectivity index is 3.01. The molecule has 0 unspecified atom stereocenters. The third kappa shape index (κ3) is 4.01. The molecule has 0 radical (unpaired) electrons. The molecule has 1 rings (SSSR count). The molecule has 18 heavy (non-hydrogen) atoms. The summed E-state index contributed by atoms with van der Waals surface area (Å²) in [5, 5.41) is 17.4. The molecular weight excluding hydrogens is 231 g/mol. The first-order chi connectivity index (χ1) is 8.71. The van der Waals surface area contributed by atoms with Crippen LogP contribution in [0.5, 0.6) is 0 Å². The van der Waals surface area contributed by atoms with Crippen molar-refractivity contribution in [3.8, 4) is 12.1 Å². The van der Waals surface area contributed by atoms with Crippen molar-refractivity contribution < 1.29 is 9.13 Å². The molecule has 0 aliphatic carbocycles. The Labute approximate surface area is 106 Å². The topological polar surface area (TPSA) is 56.8 Å². The molecule has 92 valence electrons. The highest BCUT2D eigenvalue weighted by molar-refractivity contribution is 5.64. The molecule has 0 fully saturated rings. The van der Waals surface area contributed by atoms with Crippen LogP contribution in [0, 0.1) is 28.5 Å². The van der Waals surface area contributed by atoms with E-state index in [9.17, 15) is 4.39 Å². The maximum absolute atomic E-state index is 13.2. The van der Waals surface area contributed by atoms with E-state index in [4.69, 9.17) is 15.3 Å². The minimum absolute atomic E-state index is 0.0154. The van der Waals surface area contributed by atoms with Gasteiger partial charge in [0.05, 0.1) is 6.61 Å². The predicted molar refractivity (Wildman–Crippen MR) is 65.6 cm³/mol. The highest BCUT2D eigenvalue weighted by Gasteiger charge is 2.04. The van der Waals surface area contributed by atoms with Crippen molar-refractivity contribution in [2.45, 2.75) is 20.0 Å². The first-order valence-corrected chi connectivity index (χ1v) is 5.59. The largest absolute Gasteiger partial charge is 0.377 e. The molecule has 0 spiro atoms. The molecule has 0 saturated heterocycles. The van der Waals surface area contributed by atoms with E-state index in [0.717, 1.165) is 6.42 Å². The summed E-state index contributed by atoms with van der Waals surface area (Å²) >= 11 is 0. The average Bonchev–Trinajstić information content (AvgIpc) is 2.38. The quantitative estimate of drug-likeness (QED) is 0.590. The van der Waals surface area contributed by atoms with Gasteiger partial charge in [-0.1, -0.05) is 13.0 Å². The number of benzene rings is 1. The van der Waals surface area contributed by atoms with E-state index in [-0.39, 0.29) is 18.0 Å². The van der Waals surface area contributed by atoms with Crippen molar-refractivity contribution in [1.29, 1.82) is 10.5 Å². The van der Waals surface area contributed by atoms with Crippen LogP contribution in [0.25, 0.3) is 6.08 Å². The van der Waals surface area contributed by atoms with Gasteiger partial charge in [-0.2, -0.15) is 10.5 Å². The Bertz CT molecular complexity index is 508. The summed E-state index contributed by atoms with van der Waals surface area (Å²) in [6.07, 6.45) is 2.31. The average molecular weight is 244 g/mol. The Morgan fingerprint density at radius 2 is 2.11 bits per heavy atom. The van der Waals surface area contributed by atoms with E-state index in [1.54, 1.807) is 12.1 Å². The lowest BCUT2D eigenvalue weighted by Gasteiger charge is -2.07. The van der Waals surface area contributed by atoms with E-state index in [2.05, 4.69) is 0 Å². The zero-order chi connectivity index (χ0) is 13.4. The SMILES string of the molecule is CCCOCc1cc(F)ccc1C=C(C#N)C#N. The molecule has 0 saturated carbocycles. The highest BCUT2D eigenvalue weighted by Crippen LogP contribution is 2.16. The van der Waals surface area contributed by atoms with Gasteiger partial charge in [0.25, 0.3) is 0 Å². The standard InChI is InChI=1S/C14H13FN2O/c1-2-5-18-10-13-7-14(15)4-3-12(13)6-11(8-16)9-17/h3-4,6-7H,2,5,10H2,1H3.